The van der Waals surface area contributed by atoms with Gasteiger partial charge in [-0.05, 0) is 128 Å². The van der Waals surface area contributed by atoms with E-state index >= 15 is 0 Å². The van der Waals surface area contributed by atoms with Crippen molar-refractivity contribution >= 4 is 19.8 Å². The van der Waals surface area contributed by atoms with E-state index in [-0.39, 0.29) is 32.6 Å². The molecule has 0 saturated carbocycles. The van der Waals surface area contributed by atoms with Crippen LogP contribution >= 0.6 is 7.82 Å². The SMILES string of the molecule is CC/C=C\C/C=C\C/C=C\C/C=C\C/C=C\C/C=C\C/C=C\C/C=C\C/C=C\C/C=C\CCCCCCC(=O)OC(COC(=O)CCCCCCCCCC/C=C\C/C=C\C/C=C\CCCCCCC)COP(=O)(O)OCCN. The monoisotopic (exact) mass is 1110 g/mol. The first-order valence-electron chi connectivity index (χ1n) is 31.0. The van der Waals surface area contributed by atoms with Gasteiger partial charge in [0.25, 0.3) is 0 Å². The van der Waals surface area contributed by atoms with Crippen molar-refractivity contribution in [1.82, 2.24) is 0 Å². The van der Waals surface area contributed by atoms with Crippen molar-refractivity contribution in [2.45, 2.75) is 238 Å². The largest absolute Gasteiger partial charge is 0.472 e. The molecule has 0 heterocycles. The molecule has 0 fully saturated rings. The lowest BCUT2D eigenvalue weighted by atomic mass is 10.1. The molecule has 0 aliphatic heterocycles. The molecule has 0 aliphatic carbocycles. The molecular weight excluding hydrogens is 1000 g/mol. The van der Waals surface area contributed by atoms with Crippen molar-refractivity contribution in [1.29, 1.82) is 0 Å². The lowest BCUT2D eigenvalue weighted by Crippen LogP contribution is -2.29. The zero-order valence-corrected chi connectivity index (χ0v) is 50.7. The number of allylic oxidation sites excluding steroid dienone is 26. The molecule has 79 heavy (non-hydrogen) atoms. The Kier molecular flexibility index (Phi) is 59.3. The second kappa shape index (κ2) is 62.8. The zero-order chi connectivity index (χ0) is 57.3. The number of phosphoric acid groups is 1. The molecular formula is C69H112NO8P. The number of nitrogens with two attached hydrogens (primary N) is 1. The maximum absolute atomic E-state index is 12.7. The van der Waals surface area contributed by atoms with Crippen LogP contribution in [0.1, 0.15) is 232 Å². The highest BCUT2D eigenvalue weighted by molar-refractivity contribution is 7.47. The molecule has 0 aliphatic rings. The summed E-state index contributed by atoms with van der Waals surface area (Å²) in [4.78, 5) is 35.2. The predicted molar refractivity (Wildman–Crippen MR) is 339 cm³/mol. The van der Waals surface area contributed by atoms with E-state index < -0.39 is 32.5 Å². The Labute approximate surface area is 483 Å². The van der Waals surface area contributed by atoms with Crippen LogP contribution in [0.3, 0.4) is 0 Å². The number of carbonyl (C=O) groups excluding carboxylic acids is 2. The van der Waals surface area contributed by atoms with Gasteiger partial charge in [0.1, 0.15) is 6.61 Å². The number of esters is 2. The fourth-order valence-electron chi connectivity index (χ4n) is 7.85. The molecule has 2 unspecified atom stereocenters. The number of unbranched alkanes of at least 4 members (excludes halogenated alkanes) is 17. The second-order valence-electron chi connectivity index (χ2n) is 19.8. The molecule has 0 rings (SSSR count). The Hall–Kier alpha value is -4.37. The highest BCUT2D eigenvalue weighted by Gasteiger charge is 2.26. The molecule has 10 heteroatoms. The van der Waals surface area contributed by atoms with Gasteiger partial charge >= 0.3 is 19.8 Å². The molecule has 0 aromatic carbocycles. The molecule has 2 atom stereocenters. The number of hydrogen-bond acceptors (Lipinski definition) is 8. The van der Waals surface area contributed by atoms with Crippen LogP contribution < -0.4 is 5.73 Å². The summed E-state index contributed by atoms with van der Waals surface area (Å²) in [6.07, 6.45) is 91.5. The highest BCUT2D eigenvalue weighted by atomic mass is 31.2. The van der Waals surface area contributed by atoms with Crippen LogP contribution in [0.25, 0.3) is 0 Å². The van der Waals surface area contributed by atoms with E-state index in [0.29, 0.717) is 12.8 Å². The van der Waals surface area contributed by atoms with Gasteiger partial charge < -0.3 is 20.1 Å². The van der Waals surface area contributed by atoms with Crippen molar-refractivity contribution in [2.24, 2.45) is 5.73 Å². The second-order valence-corrected chi connectivity index (χ2v) is 21.3. The average Bonchev–Trinajstić information content (AvgIpc) is 3.44. The van der Waals surface area contributed by atoms with E-state index in [1.165, 1.54) is 64.2 Å². The third-order valence-corrected chi connectivity index (χ3v) is 13.4. The lowest BCUT2D eigenvalue weighted by molar-refractivity contribution is -0.161. The molecule has 0 saturated heterocycles. The Bertz CT molecular complexity index is 1850. The molecule has 3 N–H and O–H groups in total. The normalized spacial score (nSPS) is 14.1. The first-order valence-corrected chi connectivity index (χ1v) is 32.5. The third-order valence-electron chi connectivity index (χ3n) is 12.4. The summed E-state index contributed by atoms with van der Waals surface area (Å²) < 4.78 is 33.0. The third kappa shape index (κ3) is 62.7. The lowest BCUT2D eigenvalue weighted by Gasteiger charge is -2.19. The molecule has 0 spiro atoms. The topological polar surface area (TPSA) is 134 Å². The standard InChI is InChI=1S/C69H112NO8P/c1-3-5-7-9-11-13-15-17-19-21-23-25-27-28-29-30-31-32-33-34-35-36-37-38-40-42-44-46-48-50-52-54-56-58-60-62-69(72)78-67(66-77-79(73,74)76-64-63-70)65-75-68(71)61-59-57-55-53-51-49-47-45-43-41-39-26-24-22-20-18-16-14-12-10-8-6-4-2/h5,7,11,13,16-19,22-25,28-29,31-32,34-35,37-39,41-42,44,48,50,67H,3-4,6,8-10,12,14-15,20-21,26-27,30,33,36,40,43,45-47,49,51-66,70H2,1-2H3,(H,73,74)/b7-5-,13-11-,18-16-,19-17-,24-22-,25-23-,29-28-,32-31-,35-34-,38-37-,41-39-,44-42-,50-48-. The maximum atomic E-state index is 12.7. The quantitative estimate of drug-likeness (QED) is 0.0264. The van der Waals surface area contributed by atoms with Gasteiger partial charge in [-0.3, -0.25) is 18.6 Å². The van der Waals surface area contributed by atoms with Crippen molar-refractivity contribution in [3.63, 3.8) is 0 Å². The van der Waals surface area contributed by atoms with Crippen LogP contribution in [0.4, 0.5) is 0 Å². The summed E-state index contributed by atoms with van der Waals surface area (Å²) in [6.45, 7) is 3.56. The van der Waals surface area contributed by atoms with E-state index in [0.717, 1.165) is 128 Å². The van der Waals surface area contributed by atoms with E-state index in [1.54, 1.807) is 0 Å². The average molecular weight is 1110 g/mol. The molecule has 0 radical (unpaired) electrons. The van der Waals surface area contributed by atoms with Gasteiger partial charge in [-0.1, -0.05) is 249 Å². The highest BCUT2D eigenvalue weighted by Crippen LogP contribution is 2.43. The van der Waals surface area contributed by atoms with Crippen LogP contribution in [0.2, 0.25) is 0 Å². The van der Waals surface area contributed by atoms with E-state index in [9.17, 15) is 19.0 Å². The predicted octanol–water partition coefficient (Wildman–Crippen LogP) is 20.1. The van der Waals surface area contributed by atoms with Gasteiger partial charge in [0.2, 0.25) is 0 Å². The number of rotatable bonds is 56. The van der Waals surface area contributed by atoms with Gasteiger partial charge in [-0.25, -0.2) is 4.57 Å². The number of hydrogen-bond donors (Lipinski definition) is 2. The van der Waals surface area contributed by atoms with Crippen LogP contribution in [0.15, 0.2) is 158 Å². The molecule has 0 aromatic rings. The van der Waals surface area contributed by atoms with Crippen LogP contribution in [0, 0.1) is 0 Å². The Morgan fingerprint density at radius 1 is 0.392 bits per heavy atom. The first-order chi connectivity index (χ1) is 38.8. The van der Waals surface area contributed by atoms with Crippen LogP contribution in [-0.4, -0.2) is 49.3 Å². The number of carbonyl (C=O) groups is 2. The minimum absolute atomic E-state index is 0.0389. The van der Waals surface area contributed by atoms with E-state index in [4.69, 9.17) is 24.3 Å². The summed E-state index contributed by atoms with van der Waals surface area (Å²) in [5.74, 6) is -0.876. The first kappa shape index (κ1) is 74.6. The molecule has 0 amide bonds. The molecule has 0 aromatic heterocycles. The van der Waals surface area contributed by atoms with Gasteiger partial charge in [0.05, 0.1) is 13.2 Å². The minimum Gasteiger partial charge on any atom is -0.462 e. The molecule has 9 nitrogen and oxygen atoms in total. The summed E-state index contributed by atoms with van der Waals surface area (Å²) in [5.41, 5.74) is 5.38. The van der Waals surface area contributed by atoms with Crippen LogP contribution in [-0.2, 0) is 32.7 Å². The Balaban J connectivity index is 4.10. The fraction of sp³-hybridized carbons (Fsp3) is 0.594. The van der Waals surface area contributed by atoms with Crippen molar-refractivity contribution < 1.29 is 37.6 Å². The van der Waals surface area contributed by atoms with Crippen molar-refractivity contribution in [3.8, 4) is 0 Å². The number of phosphoric ester groups is 1. The van der Waals surface area contributed by atoms with Crippen LogP contribution in [0.5, 0.6) is 0 Å². The zero-order valence-electron chi connectivity index (χ0n) is 49.8. The van der Waals surface area contributed by atoms with Crippen molar-refractivity contribution in [3.05, 3.63) is 158 Å². The Morgan fingerprint density at radius 2 is 0.696 bits per heavy atom. The van der Waals surface area contributed by atoms with Gasteiger partial charge in [0, 0.05) is 19.4 Å². The fourth-order valence-corrected chi connectivity index (χ4v) is 8.61. The summed E-state index contributed by atoms with van der Waals surface area (Å²) in [6, 6.07) is 0. The van der Waals surface area contributed by atoms with Gasteiger partial charge in [-0.15, -0.1) is 0 Å². The molecule has 0 bridgehead atoms. The van der Waals surface area contributed by atoms with E-state index in [2.05, 4.69) is 172 Å². The number of ether oxygens (including phenoxy) is 2. The van der Waals surface area contributed by atoms with Gasteiger partial charge in [-0.2, -0.15) is 0 Å². The van der Waals surface area contributed by atoms with E-state index in [1.807, 2.05) is 0 Å². The Morgan fingerprint density at radius 3 is 1.04 bits per heavy atom. The summed E-state index contributed by atoms with van der Waals surface area (Å²) >= 11 is 0. The van der Waals surface area contributed by atoms with Crippen molar-refractivity contribution in [2.75, 3.05) is 26.4 Å². The summed E-state index contributed by atoms with van der Waals surface area (Å²) in [7, 11) is -4.41. The van der Waals surface area contributed by atoms with Gasteiger partial charge in [0.15, 0.2) is 6.10 Å². The smallest absolute Gasteiger partial charge is 0.462 e. The summed E-state index contributed by atoms with van der Waals surface area (Å²) in [5, 5.41) is 0. The molecule has 446 valence electrons. The maximum Gasteiger partial charge on any atom is 0.472 e. The minimum atomic E-state index is -4.41.